The summed E-state index contributed by atoms with van der Waals surface area (Å²) >= 11 is 0. The van der Waals surface area contributed by atoms with Gasteiger partial charge in [0.25, 0.3) is 0 Å². The van der Waals surface area contributed by atoms with Crippen LogP contribution in [0.2, 0.25) is 0 Å². The zero-order valence-corrected chi connectivity index (χ0v) is 12.3. The van der Waals surface area contributed by atoms with Crippen LogP contribution in [0, 0.1) is 5.92 Å². The lowest BCUT2D eigenvalue weighted by Gasteiger charge is -2.33. The van der Waals surface area contributed by atoms with Crippen molar-refractivity contribution in [2.24, 2.45) is 5.92 Å². The van der Waals surface area contributed by atoms with Gasteiger partial charge in [-0.15, -0.1) is 0 Å². The molecule has 1 aliphatic rings. The Morgan fingerprint density at radius 1 is 1.25 bits per heavy atom. The SMILES string of the molecule is CC1CCCN(c2ccc(C(C)C)c(C(F)(F)F)c2)C1. The number of rotatable bonds is 2. The van der Waals surface area contributed by atoms with Gasteiger partial charge < -0.3 is 4.90 Å². The van der Waals surface area contributed by atoms with Gasteiger partial charge in [-0.05, 0) is 42.4 Å². The van der Waals surface area contributed by atoms with E-state index in [0.29, 0.717) is 17.2 Å². The lowest BCUT2D eigenvalue weighted by atomic mass is 9.94. The zero-order valence-electron chi connectivity index (χ0n) is 12.3. The molecule has 1 atom stereocenters. The highest BCUT2D eigenvalue weighted by molar-refractivity contribution is 5.53. The Hall–Kier alpha value is -1.19. The molecule has 0 aliphatic carbocycles. The lowest BCUT2D eigenvalue weighted by molar-refractivity contribution is -0.138. The van der Waals surface area contributed by atoms with Crippen LogP contribution in [-0.2, 0) is 6.18 Å². The van der Waals surface area contributed by atoms with E-state index in [1.807, 2.05) is 6.07 Å². The van der Waals surface area contributed by atoms with Gasteiger partial charge in [-0.1, -0.05) is 26.8 Å². The van der Waals surface area contributed by atoms with Crippen molar-refractivity contribution < 1.29 is 13.2 Å². The first-order valence-corrected chi connectivity index (χ1v) is 7.25. The van der Waals surface area contributed by atoms with Crippen LogP contribution in [0.15, 0.2) is 18.2 Å². The molecular formula is C16H22F3N. The second-order valence-corrected chi connectivity index (χ2v) is 6.12. The fourth-order valence-corrected chi connectivity index (χ4v) is 2.91. The Balaban J connectivity index is 2.36. The van der Waals surface area contributed by atoms with E-state index >= 15 is 0 Å². The molecule has 4 heteroatoms. The Labute approximate surface area is 118 Å². The van der Waals surface area contributed by atoms with E-state index in [1.54, 1.807) is 19.9 Å². The van der Waals surface area contributed by atoms with Crippen LogP contribution in [-0.4, -0.2) is 13.1 Å². The van der Waals surface area contributed by atoms with Crippen LogP contribution in [0.4, 0.5) is 18.9 Å². The van der Waals surface area contributed by atoms with E-state index in [9.17, 15) is 13.2 Å². The summed E-state index contributed by atoms with van der Waals surface area (Å²) in [7, 11) is 0. The second kappa shape index (κ2) is 5.66. The molecule has 1 saturated heterocycles. The fourth-order valence-electron chi connectivity index (χ4n) is 2.91. The maximum atomic E-state index is 13.2. The number of nitrogens with zero attached hydrogens (tertiary/aromatic N) is 1. The quantitative estimate of drug-likeness (QED) is 0.733. The first-order valence-electron chi connectivity index (χ1n) is 7.25. The van der Waals surface area contributed by atoms with E-state index in [-0.39, 0.29) is 5.92 Å². The number of hydrogen-bond acceptors (Lipinski definition) is 1. The molecule has 0 N–H and O–H groups in total. The molecule has 1 nitrogen and oxygen atoms in total. The molecule has 0 spiro atoms. The topological polar surface area (TPSA) is 3.24 Å². The third-order valence-corrected chi connectivity index (χ3v) is 3.99. The van der Waals surface area contributed by atoms with Crippen molar-refractivity contribution in [2.45, 2.75) is 45.7 Å². The summed E-state index contributed by atoms with van der Waals surface area (Å²) in [4.78, 5) is 2.08. The number of benzene rings is 1. The molecule has 1 unspecified atom stereocenters. The highest BCUT2D eigenvalue weighted by atomic mass is 19.4. The van der Waals surface area contributed by atoms with Crippen molar-refractivity contribution in [3.05, 3.63) is 29.3 Å². The van der Waals surface area contributed by atoms with E-state index in [2.05, 4.69) is 11.8 Å². The van der Waals surface area contributed by atoms with Gasteiger partial charge in [0.05, 0.1) is 5.56 Å². The number of alkyl halides is 3. The van der Waals surface area contributed by atoms with Crippen molar-refractivity contribution in [2.75, 3.05) is 18.0 Å². The summed E-state index contributed by atoms with van der Waals surface area (Å²) in [6.07, 6.45) is -2.07. The highest BCUT2D eigenvalue weighted by Crippen LogP contribution is 2.38. The van der Waals surface area contributed by atoms with Gasteiger partial charge in [0.2, 0.25) is 0 Å². The maximum absolute atomic E-state index is 13.2. The number of hydrogen-bond donors (Lipinski definition) is 0. The minimum atomic E-state index is -4.28. The fraction of sp³-hybridized carbons (Fsp3) is 0.625. The first-order chi connectivity index (χ1) is 9.29. The van der Waals surface area contributed by atoms with Crippen LogP contribution in [0.1, 0.15) is 50.7 Å². The Kier molecular flexibility index (Phi) is 4.31. The molecule has 0 saturated carbocycles. The van der Waals surface area contributed by atoms with Crippen molar-refractivity contribution in [3.63, 3.8) is 0 Å². The van der Waals surface area contributed by atoms with Crippen molar-refractivity contribution in [1.82, 2.24) is 0 Å². The average Bonchev–Trinajstić information content (AvgIpc) is 2.37. The lowest BCUT2D eigenvalue weighted by Crippen LogP contribution is -2.34. The van der Waals surface area contributed by atoms with Gasteiger partial charge in [-0.25, -0.2) is 0 Å². The molecular weight excluding hydrogens is 263 g/mol. The molecule has 2 rings (SSSR count). The first kappa shape index (κ1) is 15.2. The number of piperidine rings is 1. The monoisotopic (exact) mass is 285 g/mol. The largest absolute Gasteiger partial charge is 0.416 e. The standard InChI is InChI=1S/C16H22F3N/c1-11(2)14-7-6-13(9-15(14)16(17,18)19)20-8-4-5-12(3)10-20/h6-7,9,11-12H,4-5,8,10H2,1-3H3. The molecule has 1 aromatic rings. The molecule has 1 aromatic carbocycles. The predicted octanol–water partition coefficient (Wildman–Crippen LogP) is 5.07. The summed E-state index contributed by atoms with van der Waals surface area (Å²) < 4.78 is 39.6. The van der Waals surface area contributed by atoms with Gasteiger partial charge in [0, 0.05) is 18.8 Å². The van der Waals surface area contributed by atoms with Crippen molar-refractivity contribution in [3.8, 4) is 0 Å². The zero-order chi connectivity index (χ0) is 14.9. The summed E-state index contributed by atoms with van der Waals surface area (Å²) in [5, 5.41) is 0. The minimum absolute atomic E-state index is 0.124. The van der Waals surface area contributed by atoms with Crippen molar-refractivity contribution in [1.29, 1.82) is 0 Å². The summed E-state index contributed by atoms with van der Waals surface area (Å²) in [5.41, 5.74) is 0.600. The summed E-state index contributed by atoms with van der Waals surface area (Å²) in [6.45, 7) is 7.45. The van der Waals surface area contributed by atoms with Crippen LogP contribution in [0.5, 0.6) is 0 Å². The molecule has 1 heterocycles. The van der Waals surface area contributed by atoms with Gasteiger partial charge in [0.15, 0.2) is 0 Å². The van der Waals surface area contributed by atoms with E-state index in [0.717, 1.165) is 25.9 Å². The highest BCUT2D eigenvalue weighted by Gasteiger charge is 2.34. The third kappa shape index (κ3) is 3.28. The number of anilines is 1. The smallest absolute Gasteiger partial charge is 0.371 e. The molecule has 0 aromatic heterocycles. The van der Waals surface area contributed by atoms with E-state index in [4.69, 9.17) is 0 Å². The molecule has 1 aliphatic heterocycles. The van der Waals surface area contributed by atoms with Gasteiger partial charge in [-0.3, -0.25) is 0 Å². The van der Waals surface area contributed by atoms with Gasteiger partial charge in [0.1, 0.15) is 0 Å². The van der Waals surface area contributed by atoms with Crippen LogP contribution >= 0.6 is 0 Å². The van der Waals surface area contributed by atoms with E-state index in [1.165, 1.54) is 6.07 Å². The molecule has 0 radical (unpaired) electrons. The second-order valence-electron chi connectivity index (χ2n) is 6.12. The van der Waals surface area contributed by atoms with Crippen LogP contribution in [0.25, 0.3) is 0 Å². The molecule has 0 bridgehead atoms. The van der Waals surface area contributed by atoms with Crippen LogP contribution < -0.4 is 4.90 Å². The van der Waals surface area contributed by atoms with E-state index < -0.39 is 11.7 Å². The summed E-state index contributed by atoms with van der Waals surface area (Å²) in [5.74, 6) is 0.420. The molecule has 112 valence electrons. The molecule has 20 heavy (non-hydrogen) atoms. The van der Waals surface area contributed by atoms with Crippen molar-refractivity contribution >= 4 is 5.69 Å². The maximum Gasteiger partial charge on any atom is 0.416 e. The molecule has 1 fully saturated rings. The number of halogens is 3. The van der Waals surface area contributed by atoms with Gasteiger partial charge in [-0.2, -0.15) is 13.2 Å². The minimum Gasteiger partial charge on any atom is -0.371 e. The normalized spacial score (nSPS) is 20.6. The van der Waals surface area contributed by atoms with Gasteiger partial charge >= 0.3 is 6.18 Å². The summed E-state index contributed by atoms with van der Waals surface area (Å²) in [6, 6.07) is 4.80. The van der Waals surface area contributed by atoms with Crippen LogP contribution in [0.3, 0.4) is 0 Å². The third-order valence-electron chi connectivity index (χ3n) is 3.99. The Bertz CT molecular complexity index is 465. The Morgan fingerprint density at radius 2 is 1.95 bits per heavy atom. The molecule has 0 amide bonds. The predicted molar refractivity (Wildman–Crippen MR) is 76.1 cm³/mol. The average molecular weight is 285 g/mol. The Morgan fingerprint density at radius 3 is 2.50 bits per heavy atom.